The van der Waals surface area contributed by atoms with Crippen molar-refractivity contribution in [3.63, 3.8) is 0 Å². The van der Waals surface area contributed by atoms with Gasteiger partial charge in [0.2, 0.25) is 0 Å². The molecule has 1 saturated carbocycles. The van der Waals surface area contributed by atoms with Gasteiger partial charge < -0.3 is 60.5 Å². The molecule has 1 aromatic rings. The highest BCUT2D eigenvalue weighted by Gasteiger charge is 2.69. The van der Waals surface area contributed by atoms with Crippen LogP contribution in [0.25, 0.3) is 0 Å². The quantitative estimate of drug-likeness (QED) is 0.0802. The van der Waals surface area contributed by atoms with Gasteiger partial charge in [-0.3, -0.25) is 4.79 Å². The van der Waals surface area contributed by atoms with Gasteiger partial charge in [0.15, 0.2) is 22.8 Å². The zero-order chi connectivity index (χ0) is 48.1. The number of aliphatic hydroxyl groups is 1. The van der Waals surface area contributed by atoms with Gasteiger partial charge in [-0.1, -0.05) is 62.4 Å². The molecule has 3 N–H and O–H groups in total. The summed E-state index contributed by atoms with van der Waals surface area (Å²) >= 11 is 0. The number of amides is 1. The third-order valence-electron chi connectivity index (χ3n) is 15.1. The summed E-state index contributed by atoms with van der Waals surface area (Å²) in [6, 6.07) is 7.54. The van der Waals surface area contributed by atoms with E-state index >= 15 is 0 Å². The molecule has 1 spiro atoms. The molecule has 0 aromatic heterocycles. The molecule has 5 fully saturated rings. The molecule has 4 saturated heterocycles. The second kappa shape index (κ2) is 19.7. The zero-order valence-electron chi connectivity index (χ0n) is 37.9. The summed E-state index contributed by atoms with van der Waals surface area (Å²) in [5, 5.41) is 12.1. The Morgan fingerprint density at radius 2 is 1.64 bits per heavy atom. The molecule has 16 nitrogen and oxygen atoms in total. The minimum atomic E-state index is -6.09. The van der Waals surface area contributed by atoms with Gasteiger partial charge in [-0.25, -0.2) is 22.8 Å². The molecule has 5 aliphatic heterocycles. The summed E-state index contributed by atoms with van der Waals surface area (Å²) in [5.41, 5.74) is 1.86. The van der Waals surface area contributed by atoms with Crippen LogP contribution in [0, 0.1) is 29.6 Å². The van der Waals surface area contributed by atoms with Crippen LogP contribution in [0.5, 0.6) is 0 Å². The van der Waals surface area contributed by atoms with Crippen LogP contribution in [0.2, 0.25) is 0 Å². The molecule has 5 heterocycles. The fraction of sp³-hybridized carbons (Fsp3) is 0.609. The van der Waals surface area contributed by atoms with E-state index in [1.807, 2.05) is 51.1 Å². The smallest absolute Gasteiger partial charge is 0.485 e. The average Bonchev–Trinajstić information content (AvgIpc) is 3.86. The van der Waals surface area contributed by atoms with Crippen molar-refractivity contribution < 1.29 is 95.5 Å². The van der Waals surface area contributed by atoms with Crippen LogP contribution < -0.4 is 18.1 Å². The highest BCUT2D eigenvalue weighted by molar-refractivity contribution is 7.86. The number of hydrogen-bond acceptors (Lipinski definition) is 13. The molecule has 0 radical (unpaired) electrons. The minimum absolute atomic E-state index is 0. The summed E-state index contributed by atoms with van der Waals surface area (Å²) < 4.78 is 91.9. The number of nitrogens with zero attached hydrogens (tertiary/aromatic N) is 2. The molecule has 21 heteroatoms. The van der Waals surface area contributed by atoms with Crippen molar-refractivity contribution in [1.82, 2.24) is 0 Å². The van der Waals surface area contributed by atoms with Crippen LogP contribution >= 0.6 is 0 Å². The third-order valence-corrected chi connectivity index (χ3v) is 15.6. The molecular weight excluding hydrogens is 927 g/mol. The highest BCUT2D eigenvalue weighted by atomic mass is 35.5. The number of benzene rings is 1. The van der Waals surface area contributed by atoms with Gasteiger partial charge in [-0.2, -0.15) is 13.2 Å². The number of piperazine rings is 3. The number of quaternary nitrogens is 2. The lowest BCUT2D eigenvalue weighted by Gasteiger charge is -2.55. The first-order chi connectivity index (χ1) is 30.9. The van der Waals surface area contributed by atoms with Gasteiger partial charge in [-0.05, 0) is 44.4 Å². The number of alkyl halides is 3. The first-order valence-corrected chi connectivity index (χ1v) is 23.7. The summed E-state index contributed by atoms with van der Waals surface area (Å²) in [6.07, 6.45) is 7.67. The number of carbonyl (C=O) groups excluding carboxylic acids is 4. The van der Waals surface area contributed by atoms with Crippen LogP contribution in [-0.2, 0) is 54.7 Å². The number of primary amides is 1. The Kier molecular flexibility index (Phi) is 15.3. The topological polar surface area (TPSA) is 218 Å². The first kappa shape index (κ1) is 52.2. The monoisotopic (exact) mass is 985 g/mol. The van der Waals surface area contributed by atoms with Crippen molar-refractivity contribution in [3.05, 3.63) is 83.0 Å². The Labute approximate surface area is 394 Å². The number of cyclic esters (lactones) is 1. The molecule has 67 heavy (non-hydrogen) atoms. The molecule has 1 unspecified atom stereocenters. The van der Waals surface area contributed by atoms with E-state index < -0.39 is 87.6 Å². The second-order valence-corrected chi connectivity index (χ2v) is 20.5. The number of nitrogens with two attached hydrogens (primary N) is 1. The predicted octanol–water partition coefficient (Wildman–Crippen LogP) is 0.211. The summed E-state index contributed by atoms with van der Waals surface area (Å²) in [6.45, 7) is 14.6. The number of halogens is 4. The maximum atomic E-state index is 13.9. The van der Waals surface area contributed by atoms with E-state index in [0.29, 0.717) is 24.1 Å². The number of aliphatic hydroxyl groups excluding tert-OH is 1. The molecular formula is C46H59ClF3N3O13S. The van der Waals surface area contributed by atoms with Gasteiger partial charge in [0, 0.05) is 47.8 Å². The molecule has 12 atom stereocenters. The lowest BCUT2D eigenvalue weighted by Crippen LogP contribution is -3.00. The van der Waals surface area contributed by atoms with Crippen molar-refractivity contribution in [2.75, 3.05) is 52.9 Å². The van der Waals surface area contributed by atoms with Crippen molar-refractivity contribution in [1.29, 1.82) is 0 Å². The number of esters is 3. The van der Waals surface area contributed by atoms with E-state index in [9.17, 15) is 37.5 Å². The fourth-order valence-electron chi connectivity index (χ4n) is 11.5. The molecule has 1 aromatic carbocycles. The number of ether oxygens (including phenoxy) is 5. The van der Waals surface area contributed by atoms with Crippen LogP contribution in [0.3, 0.4) is 0 Å². The van der Waals surface area contributed by atoms with Gasteiger partial charge in [0.25, 0.3) is 5.91 Å². The minimum Gasteiger partial charge on any atom is -1.00 e. The summed E-state index contributed by atoms with van der Waals surface area (Å²) in [7, 11) is -4.62. The first-order valence-electron chi connectivity index (χ1n) is 22.3. The Morgan fingerprint density at radius 3 is 2.19 bits per heavy atom. The Balaban J connectivity index is 0.000000755. The van der Waals surface area contributed by atoms with Gasteiger partial charge >= 0.3 is 23.4 Å². The van der Waals surface area contributed by atoms with Crippen LogP contribution in [-0.4, -0.2) is 152 Å². The molecule has 9 rings (SSSR count). The zero-order valence-corrected chi connectivity index (χ0v) is 39.5. The third kappa shape index (κ3) is 10.3. The van der Waals surface area contributed by atoms with E-state index in [1.54, 1.807) is 25.1 Å². The van der Waals surface area contributed by atoms with Crippen LogP contribution in [0.1, 0.15) is 56.5 Å². The number of rotatable bonds is 10. The van der Waals surface area contributed by atoms with E-state index in [0.717, 1.165) is 65.9 Å². The summed E-state index contributed by atoms with van der Waals surface area (Å²) in [5.74, 6) is -3.49. The van der Waals surface area contributed by atoms with E-state index in [2.05, 4.69) is 12.2 Å². The number of fused-ring (bicyclic) bond motifs is 3. The Bertz CT molecular complexity index is 2280. The van der Waals surface area contributed by atoms with E-state index in [-0.39, 0.29) is 42.5 Å². The van der Waals surface area contributed by atoms with Gasteiger partial charge in [-0.15, -0.1) is 0 Å². The molecule has 8 aliphatic rings. The second-order valence-electron chi connectivity index (χ2n) is 19.1. The SMILES string of the molecule is CO[C@H]1CC2C=C[C@H]3[C@H]4O[C@]2(/C(C)=C/[C@@H](C)[C@@H]([C@@H](C)OC(=O)c2ccc(C[N+]56CC[N+](CC(N)=O)(CC5)CC6)cc2)OC1=O)[C@@H]3[C@H](O)[C@@H](C)[C@H]4OC(=O)C1=CC=CC1.O=S(=O)([O-])C(F)(F)F.[Cl-]. The maximum absolute atomic E-state index is 13.9. The molecule has 6 bridgehead atoms. The standard InChI is InChI=1S/C45H58N3O10.CHF3O3S.ClH/c1-26-22-27(2)45-33(14-15-34-37(45)38(50)28(3)40(41(34)58-45)57-43(52)31-8-6-7-9-31)23-35(54-5)44(53)56-39(26)29(4)55-42(51)32-12-10-30(11-13-32)24-47-16-19-48(20-17-47,21-18-47)25-36(46)49;2-1(3,4)8(5,6)7;/h6-8,10-15,22,26,28-29,33-35,37-41,50H,9,16-21,23-25H2,1-5H3,(H-,46,49);(H,5,6,7);1H/q+1;;/p-1/b27-22+;;/t26-,28-,29-,33?,34-,35+,37+,38-,39+,40-,41-,45+,47?,48?;;/m1../s1. The lowest BCUT2D eigenvalue weighted by atomic mass is 9.57. The van der Waals surface area contributed by atoms with Gasteiger partial charge in [0.05, 0.1) is 11.7 Å². The number of methoxy groups -OCH3 is 1. The fourth-order valence-corrected chi connectivity index (χ4v) is 11.5. The van der Waals surface area contributed by atoms with E-state index in [4.69, 9.17) is 42.4 Å². The van der Waals surface area contributed by atoms with Crippen molar-refractivity contribution in [3.8, 4) is 0 Å². The van der Waals surface area contributed by atoms with Crippen molar-refractivity contribution >= 4 is 33.9 Å². The highest BCUT2D eigenvalue weighted by Crippen LogP contribution is 2.61. The summed E-state index contributed by atoms with van der Waals surface area (Å²) in [4.78, 5) is 52.4. The molecule has 1 amide bonds. The molecule has 3 aliphatic carbocycles. The Morgan fingerprint density at radius 1 is 1.03 bits per heavy atom. The predicted molar refractivity (Wildman–Crippen MR) is 227 cm³/mol. The van der Waals surface area contributed by atoms with E-state index in [1.165, 1.54) is 7.11 Å². The van der Waals surface area contributed by atoms with Crippen LogP contribution in [0.4, 0.5) is 13.2 Å². The molecule has 370 valence electrons. The van der Waals surface area contributed by atoms with Crippen molar-refractivity contribution in [2.45, 2.75) is 94.8 Å². The van der Waals surface area contributed by atoms with Crippen LogP contribution in [0.15, 0.2) is 71.9 Å². The normalized spacial score (nSPS) is 37.5. The number of allylic oxidation sites excluding steroid dienone is 3. The lowest BCUT2D eigenvalue weighted by molar-refractivity contribution is -1.08. The largest absolute Gasteiger partial charge is 1.00 e. The number of carbonyl (C=O) groups is 4. The van der Waals surface area contributed by atoms with Gasteiger partial charge in [0.1, 0.15) is 75.8 Å². The number of hydrogen-bond donors (Lipinski definition) is 2. The average molecular weight is 987 g/mol. The van der Waals surface area contributed by atoms with Crippen molar-refractivity contribution in [2.24, 2.45) is 35.3 Å². The maximum Gasteiger partial charge on any atom is 0.485 e. The Hall–Kier alpha value is -4.15.